The summed E-state index contributed by atoms with van der Waals surface area (Å²) in [6, 6.07) is 6.11. The molecular formula is C13H19BCl. The van der Waals surface area contributed by atoms with Crippen LogP contribution in [0.4, 0.5) is 0 Å². The minimum Gasteiger partial charge on any atom is -0.0841 e. The highest BCUT2D eigenvalue weighted by Crippen LogP contribution is 2.12. The van der Waals surface area contributed by atoms with Gasteiger partial charge in [-0.05, 0) is 18.6 Å². The summed E-state index contributed by atoms with van der Waals surface area (Å²) in [7, 11) is 2.30. The van der Waals surface area contributed by atoms with Crippen molar-refractivity contribution >= 4 is 24.3 Å². The maximum atomic E-state index is 6.06. The lowest BCUT2D eigenvalue weighted by atomic mass is 9.64. The third kappa shape index (κ3) is 4.30. The smallest absolute Gasteiger partial charge is 0.0841 e. The van der Waals surface area contributed by atoms with Gasteiger partial charge in [-0.3, -0.25) is 0 Å². The molecule has 81 valence electrons. The fourth-order valence-corrected chi connectivity index (χ4v) is 1.86. The summed E-state index contributed by atoms with van der Waals surface area (Å²) in [4.78, 5) is 0. The maximum Gasteiger partial charge on any atom is 0.152 e. The molecule has 0 aliphatic carbocycles. The summed E-state index contributed by atoms with van der Waals surface area (Å²) in [5, 5.41) is 0.873. The van der Waals surface area contributed by atoms with Crippen LogP contribution in [-0.2, 0) is 0 Å². The quantitative estimate of drug-likeness (QED) is 0.504. The zero-order valence-corrected chi connectivity index (χ0v) is 10.5. The lowest BCUT2D eigenvalue weighted by Crippen LogP contribution is -2.17. The van der Waals surface area contributed by atoms with Gasteiger partial charge >= 0.3 is 0 Å². The number of unbranched alkanes of at least 4 members (excludes halogenated alkanes) is 3. The van der Waals surface area contributed by atoms with E-state index in [-0.39, 0.29) is 0 Å². The zero-order valence-electron chi connectivity index (χ0n) is 9.72. The Balaban J connectivity index is 2.34. The molecule has 0 unspecified atom stereocenters. The van der Waals surface area contributed by atoms with Crippen molar-refractivity contribution in [1.82, 2.24) is 0 Å². The highest BCUT2D eigenvalue weighted by atomic mass is 35.5. The Morgan fingerprint density at radius 1 is 1.20 bits per heavy atom. The fraction of sp³-hybridized carbons (Fsp3) is 0.538. The lowest BCUT2D eigenvalue weighted by Gasteiger charge is -2.06. The van der Waals surface area contributed by atoms with Gasteiger partial charge in [0.15, 0.2) is 7.28 Å². The van der Waals surface area contributed by atoms with E-state index < -0.39 is 0 Å². The van der Waals surface area contributed by atoms with Crippen LogP contribution in [0.1, 0.15) is 38.2 Å². The van der Waals surface area contributed by atoms with Crippen molar-refractivity contribution in [3.8, 4) is 0 Å². The van der Waals surface area contributed by atoms with E-state index in [0.29, 0.717) is 0 Å². The number of rotatable bonds is 6. The molecule has 0 atom stereocenters. The van der Waals surface area contributed by atoms with Crippen LogP contribution in [0.15, 0.2) is 18.2 Å². The lowest BCUT2D eigenvalue weighted by molar-refractivity contribution is 0.701. The number of benzene rings is 1. The van der Waals surface area contributed by atoms with Crippen LogP contribution in [0.5, 0.6) is 0 Å². The first-order valence-electron chi connectivity index (χ1n) is 5.84. The summed E-state index contributed by atoms with van der Waals surface area (Å²) >= 11 is 6.06. The van der Waals surface area contributed by atoms with Gasteiger partial charge in [0.05, 0.1) is 0 Å². The maximum absolute atomic E-state index is 6.06. The van der Waals surface area contributed by atoms with Crippen molar-refractivity contribution in [2.75, 3.05) is 0 Å². The Morgan fingerprint density at radius 2 is 2.00 bits per heavy atom. The number of hydrogen-bond donors (Lipinski definition) is 0. The van der Waals surface area contributed by atoms with E-state index in [1.165, 1.54) is 43.0 Å². The van der Waals surface area contributed by atoms with E-state index in [4.69, 9.17) is 11.6 Å². The van der Waals surface area contributed by atoms with Gasteiger partial charge in [0.1, 0.15) is 0 Å². The van der Waals surface area contributed by atoms with Crippen LogP contribution < -0.4 is 5.46 Å². The molecule has 0 amide bonds. The van der Waals surface area contributed by atoms with Crippen LogP contribution in [-0.4, -0.2) is 7.28 Å². The molecule has 0 saturated heterocycles. The van der Waals surface area contributed by atoms with Crippen molar-refractivity contribution in [3.05, 3.63) is 28.8 Å². The van der Waals surface area contributed by atoms with Crippen LogP contribution in [0.2, 0.25) is 11.3 Å². The number of hydrogen-bond acceptors (Lipinski definition) is 0. The topological polar surface area (TPSA) is 0 Å². The molecule has 15 heavy (non-hydrogen) atoms. The molecule has 0 heterocycles. The van der Waals surface area contributed by atoms with Gasteiger partial charge in [0.2, 0.25) is 0 Å². The van der Waals surface area contributed by atoms with Gasteiger partial charge in [0.25, 0.3) is 0 Å². The van der Waals surface area contributed by atoms with E-state index in [9.17, 15) is 0 Å². The number of halogens is 1. The van der Waals surface area contributed by atoms with Gasteiger partial charge in [-0.1, -0.05) is 68.1 Å². The third-order valence-electron chi connectivity index (χ3n) is 2.73. The summed E-state index contributed by atoms with van der Waals surface area (Å²) in [6.45, 7) is 4.32. The van der Waals surface area contributed by atoms with E-state index in [0.717, 1.165) is 5.02 Å². The molecule has 1 aromatic rings. The monoisotopic (exact) mass is 221 g/mol. The first-order valence-corrected chi connectivity index (χ1v) is 6.21. The molecule has 0 aliphatic heterocycles. The zero-order chi connectivity index (χ0) is 11.1. The van der Waals surface area contributed by atoms with Crippen LogP contribution in [0.3, 0.4) is 0 Å². The molecule has 1 rings (SSSR count). The van der Waals surface area contributed by atoms with Crippen LogP contribution >= 0.6 is 11.6 Å². The first kappa shape index (κ1) is 12.6. The van der Waals surface area contributed by atoms with Gasteiger partial charge < -0.3 is 0 Å². The molecular weight excluding hydrogens is 202 g/mol. The second-order valence-electron chi connectivity index (χ2n) is 4.01. The second-order valence-corrected chi connectivity index (χ2v) is 4.41. The molecule has 1 aromatic carbocycles. The highest BCUT2D eigenvalue weighted by Gasteiger charge is 2.02. The molecule has 2 heteroatoms. The minimum atomic E-state index is 0.873. The van der Waals surface area contributed by atoms with Crippen molar-refractivity contribution < 1.29 is 0 Å². The summed E-state index contributed by atoms with van der Waals surface area (Å²) in [6.07, 6.45) is 6.45. The third-order valence-corrected chi connectivity index (χ3v) is 3.14. The normalized spacial score (nSPS) is 10.3. The standard InChI is InChI=1S/C13H19BCl/c1-3-4-5-6-10-14-12-8-7-9-13(15)11(12)2/h7-9H,3-6,10H2,1-2H3. The molecule has 0 fully saturated rings. The Bertz CT molecular complexity index is 297. The van der Waals surface area contributed by atoms with E-state index >= 15 is 0 Å². The Labute approximate surface area is 99.3 Å². The van der Waals surface area contributed by atoms with Crippen molar-refractivity contribution in [1.29, 1.82) is 0 Å². The van der Waals surface area contributed by atoms with Gasteiger partial charge in [-0.25, -0.2) is 0 Å². The summed E-state index contributed by atoms with van der Waals surface area (Å²) < 4.78 is 0. The van der Waals surface area contributed by atoms with E-state index in [1.54, 1.807) is 0 Å². The van der Waals surface area contributed by atoms with Gasteiger partial charge in [0, 0.05) is 5.02 Å². The fourth-order valence-electron chi connectivity index (χ4n) is 1.67. The molecule has 0 spiro atoms. The second kappa shape index (κ2) is 6.95. The van der Waals surface area contributed by atoms with E-state index in [1.807, 2.05) is 12.1 Å². The largest absolute Gasteiger partial charge is 0.152 e. The highest BCUT2D eigenvalue weighted by molar-refractivity contribution is 6.54. The first-order chi connectivity index (χ1) is 7.25. The summed E-state index contributed by atoms with van der Waals surface area (Å²) in [5.41, 5.74) is 2.49. The van der Waals surface area contributed by atoms with Crippen molar-refractivity contribution in [2.24, 2.45) is 0 Å². The van der Waals surface area contributed by atoms with Crippen molar-refractivity contribution in [2.45, 2.75) is 45.9 Å². The minimum absolute atomic E-state index is 0.873. The van der Waals surface area contributed by atoms with Gasteiger partial charge in [-0.2, -0.15) is 0 Å². The van der Waals surface area contributed by atoms with Crippen LogP contribution in [0.25, 0.3) is 0 Å². The Kier molecular flexibility index (Phi) is 5.86. The van der Waals surface area contributed by atoms with Crippen LogP contribution in [0, 0.1) is 6.92 Å². The molecule has 0 N–H and O–H groups in total. The van der Waals surface area contributed by atoms with Gasteiger partial charge in [-0.15, -0.1) is 0 Å². The predicted molar refractivity (Wildman–Crippen MR) is 70.5 cm³/mol. The SMILES string of the molecule is CCCCCC[B]c1cccc(Cl)c1C. The average Bonchev–Trinajstić information content (AvgIpc) is 2.24. The van der Waals surface area contributed by atoms with E-state index in [2.05, 4.69) is 27.2 Å². The average molecular weight is 222 g/mol. The molecule has 0 nitrogen and oxygen atoms in total. The van der Waals surface area contributed by atoms with Crippen molar-refractivity contribution in [3.63, 3.8) is 0 Å². The molecule has 0 bridgehead atoms. The molecule has 0 aliphatic rings. The Hall–Kier alpha value is -0.425. The molecule has 1 radical (unpaired) electrons. The summed E-state index contributed by atoms with van der Waals surface area (Å²) in [5.74, 6) is 0. The predicted octanol–water partition coefficient (Wildman–Crippen LogP) is 3.98. The Morgan fingerprint density at radius 3 is 2.73 bits per heavy atom. The molecule has 0 saturated carbocycles. The molecule has 0 aromatic heterocycles.